The Balaban J connectivity index is 2.00. The number of hydrogen-bond acceptors (Lipinski definition) is 2. The number of imidazole rings is 1. The van der Waals surface area contributed by atoms with Crippen molar-refractivity contribution < 1.29 is 14.3 Å². The van der Waals surface area contributed by atoms with Crippen molar-refractivity contribution in [2.45, 2.75) is 6.04 Å². The molecule has 0 amide bonds. The monoisotopic (exact) mass is 335 g/mol. The number of fused-ring (bicyclic) bond motifs is 1. The molecule has 1 unspecified atom stereocenters. The lowest BCUT2D eigenvalue weighted by Gasteiger charge is -2.20. The first-order valence-corrected chi connectivity index (χ1v) is 7.71. The number of hydrogen-bond donors (Lipinski definition) is 2. The maximum absolute atomic E-state index is 13.8. The quantitative estimate of drug-likeness (QED) is 0.595. The van der Waals surface area contributed by atoms with Crippen LogP contribution in [-0.2, 0) is 0 Å². The molecule has 0 radical (unpaired) electrons. The molecule has 0 spiro atoms. The van der Waals surface area contributed by atoms with E-state index in [1.807, 2.05) is 4.57 Å². The van der Waals surface area contributed by atoms with Crippen molar-refractivity contribution in [1.29, 1.82) is 0 Å². The van der Waals surface area contributed by atoms with Crippen LogP contribution in [0.15, 0.2) is 67.4 Å². The van der Waals surface area contributed by atoms with E-state index in [1.165, 1.54) is 12.1 Å². The summed E-state index contributed by atoms with van der Waals surface area (Å²) in [6.07, 6.45) is 6.81. The number of carboxylic acid groups (broad SMARTS) is 1. The number of carbonyl (C=O) groups is 1. The number of H-pyrrole nitrogens is 1. The lowest BCUT2D eigenvalue weighted by Crippen LogP contribution is -2.14. The predicted molar refractivity (Wildman–Crippen MR) is 91.1 cm³/mol. The Kier molecular flexibility index (Phi) is 3.57. The van der Waals surface area contributed by atoms with E-state index < -0.39 is 12.0 Å². The molecule has 1 atom stereocenters. The number of halogens is 1. The van der Waals surface area contributed by atoms with Crippen LogP contribution in [0.25, 0.3) is 10.9 Å². The second-order valence-electron chi connectivity index (χ2n) is 5.74. The summed E-state index contributed by atoms with van der Waals surface area (Å²) in [5.74, 6) is -1.35. The van der Waals surface area contributed by atoms with Crippen molar-refractivity contribution in [1.82, 2.24) is 14.5 Å². The largest absolute Gasteiger partial charge is 0.478 e. The Labute approximate surface area is 142 Å². The van der Waals surface area contributed by atoms with E-state index in [0.29, 0.717) is 10.9 Å². The maximum Gasteiger partial charge on any atom is 0.336 e. The molecule has 2 aromatic heterocycles. The van der Waals surface area contributed by atoms with Crippen molar-refractivity contribution in [3.05, 3.63) is 89.9 Å². The molecule has 2 heterocycles. The van der Waals surface area contributed by atoms with Crippen molar-refractivity contribution >= 4 is 16.9 Å². The number of aromatic carboxylic acids is 1. The van der Waals surface area contributed by atoms with Crippen LogP contribution in [0.4, 0.5) is 4.39 Å². The summed E-state index contributed by atoms with van der Waals surface area (Å²) in [5.41, 5.74) is 2.38. The van der Waals surface area contributed by atoms with E-state index in [0.717, 1.165) is 11.1 Å². The van der Waals surface area contributed by atoms with E-state index in [2.05, 4.69) is 9.97 Å². The minimum atomic E-state index is -1.01. The van der Waals surface area contributed by atoms with Crippen LogP contribution in [0.3, 0.4) is 0 Å². The Morgan fingerprint density at radius 3 is 2.80 bits per heavy atom. The lowest BCUT2D eigenvalue weighted by atomic mass is 9.94. The summed E-state index contributed by atoms with van der Waals surface area (Å²) in [6, 6.07) is 10.9. The molecular formula is C19H14FN3O2. The molecule has 25 heavy (non-hydrogen) atoms. The normalized spacial score (nSPS) is 12.4. The smallest absolute Gasteiger partial charge is 0.336 e. The highest BCUT2D eigenvalue weighted by Gasteiger charge is 2.24. The number of carboxylic acids is 1. The van der Waals surface area contributed by atoms with E-state index in [1.54, 1.807) is 55.2 Å². The Hall–Kier alpha value is -3.41. The molecule has 124 valence electrons. The minimum Gasteiger partial charge on any atom is -0.478 e. The Morgan fingerprint density at radius 1 is 1.20 bits per heavy atom. The van der Waals surface area contributed by atoms with Gasteiger partial charge in [0, 0.05) is 35.1 Å². The van der Waals surface area contributed by atoms with Gasteiger partial charge in [0.15, 0.2) is 0 Å². The fourth-order valence-electron chi connectivity index (χ4n) is 3.18. The van der Waals surface area contributed by atoms with E-state index in [4.69, 9.17) is 0 Å². The molecule has 2 N–H and O–H groups in total. The van der Waals surface area contributed by atoms with Crippen LogP contribution in [-0.4, -0.2) is 25.6 Å². The number of aromatic nitrogens is 3. The van der Waals surface area contributed by atoms with Crippen molar-refractivity contribution in [2.24, 2.45) is 0 Å². The van der Waals surface area contributed by atoms with Gasteiger partial charge in [-0.1, -0.05) is 18.2 Å². The summed E-state index contributed by atoms with van der Waals surface area (Å²) in [4.78, 5) is 18.9. The molecule has 5 nitrogen and oxygen atoms in total. The number of aromatic amines is 1. The summed E-state index contributed by atoms with van der Waals surface area (Å²) in [7, 11) is 0. The number of nitrogens with one attached hydrogen (secondary N) is 1. The molecule has 0 aliphatic heterocycles. The van der Waals surface area contributed by atoms with Crippen LogP contribution in [0.5, 0.6) is 0 Å². The number of benzene rings is 2. The highest BCUT2D eigenvalue weighted by Crippen LogP contribution is 2.34. The Morgan fingerprint density at radius 2 is 2.04 bits per heavy atom. The van der Waals surface area contributed by atoms with Crippen LogP contribution in [0, 0.1) is 5.82 Å². The third kappa shape index (κ3) is 2.57. The minimum absolute atomic E-state index is 0.201. The van der Waals surface area contributed by atoms with Crippen molar-refractivity contribution in [2.75, 3.05) is 0 Å². The van der Waals surface area contributed by atoms with Gasteiger partial charge in [-0.3, -0.25) is 0 Å². The zero-order chi connectivity index (χ0) is 17.4. The highest BCUT2D eigenvalue weighted by molar-refractivity contribution is 5.91. The molecule has 0 aliphatic rings. The van der Waals surface area contributed by atoms with Crippen LogP contribution >= 0.6 is 0 Å². The van der Waals surface area contributed by atoms with Gasteiger partial charge in [-0.2, -0.15) is 0 Å². The van der Waals surface area contributed by atoms with E-state index >= 15 is 0 Å². The van der Waals surface area contributed by atoms with Gasteiger partial charge in [0.2, 0.25) is 0 Å². The van der Waals surface area contributed by atoms with Gasteiger partial charge >= 0.3 is 5.97 Å². The van der Waals surface area contributed by atoms with Crippen LogP contribution in [0.1, 0.15) is 27.5 Å². The predicted octanol–water partition coefficient (Wildman–Crippen LogP) is 3.84. The van der Waals surface area contributed by atoms with Gasteiger partial charge in [0.1, 0.15) is 5.82 Å². The number of rotatable bonds is 4. The van der Waals surface area contributed by atoms with Crippen molar-refractivity contribution in [3.8, 4) is 0 Å². The zero-order valence-electron chi connectivity index (χ0n) is 13.1. The van der Waals surface area contributed by atoms with Gasteiger partial charge in [-0.25, -0.2) is 14.2 Å². The first kappa shape index (κ1) is 15.1. The third-order valence-corrected chi connectivity index (χ3v) is 4.28. The molecule has 0 saturated carbocycles. The SMILES string of the molecule is O=C(O)c1ccccc1C(c1c[nH]c2ccc(F)cc12)n1ccnc1. The first-order valence-electron chi connectivity index (χ1n) is 7.71. The van der Waals surface area contributed by atoms with Crippen molar-refractivity contribution in [3.63, 3.8) is 0 Å². The average molecular weight is 335 g/mol. The standard InChI is InChI=1S/C19H14FN3O2/c20-12-5-6-17-15(9-12)16(10-22-17)18(23-8-7-21-11-23)13-3-1-2-4-14(13)19(24)25/h1-11,18,22H,(H,24,25). The van der Waals surface area contributed by atoms with Gasteiger partial charge in [-0.05, 0) is 29.8 Å². The summed E-state index contributed by atoms with van der Waals surface area (Å²) in [5, 5.41) is 10.3. The van der Waals surface area contributed by atoms with E-state index in [9.17, 15) is 14.3 Å². The number of nitrogens with zero attached hydrogens (tertiary/aromatic N) is 2. The summed E-state index contributed by atoms with van der Waals surface area (Å²) in [6.45, 7) is 0. The molecule has 4 rings (SSSR count). The zero-order valence-corrected chi connectivity index (χ0v) is 13.1. The second kappa shape index (κ2) is 5.90. The summed E-state index contributed by atoms with van der Waals surface area (Å²) < 4.78 is 15.6. The van der Waals surface area contributed by atoms with Gasteiger partial charge in [0.25, 0.3) is 0 Å². The maximum atomic E-state index is 13.8. The van der Waals surface area contributed by atoms with Gasteiger partial charge < -0.3 is 14.7 Å². The van der Waals surface area contributed by atoms with E-state index in [-0.39, 0.29) is 11.4 Å². The van der Waals surface area contributed by atoms with Gasteiger partial charge in [0.05, 0.1) is 17.9 Å². The highest BCUT2D eigenvalue weighted by atomic mass is 19.1. The molecule has 0 saturated heterocycles. The summed E-state index contributed by atoms with van der Waals surface area (Å²) >= 11 is 0. The molecule has 4 aromatic rings. The topological polar surface area (TPSA) is 70.9 Å². The average Bonchev–Trinajstić information content (AvgIpc) is 3.26. The van der Waals surface area contributed by atoms with Crippen LogP contribution < -0.4 is 0 Å². The van der Waals surface area contributed by atoms with Crippen LogP contribution in [0.2, 0.25) is 0 Å². The fraction of sp³-hybridized carbons (Fsp3) is 0.0526. The fourth-order valence-corrected chi connectivity index (χ4v) is 3.18. The van der Waals surface area contributed by atoms with Gasteiger partial charge in [-0.15, -0.1) is 0 Å². The molecule has 2 aromatic carbocycles. The molecule has 0 fully saturated rings. The molecule has 0 bridgehead atoms. The molecular weight excluding hydrogens is 321 g/mol. The second-order valence-corrected chi connectivity index (χ2v) is 5.74. The Bertz CT molecular complexity index is 1050. The molecule has 6 heteroatoms. The lowest BCUT2D eigenvalue weighted by molar-refractivity contribution is 0.0695. The first-order chi connectivity index (χ1) is 12.1. The molecule has 0 aliphatic carbocycles. The third-order valence-electron chi connectivity index (χ3n) is 4.28.